The molecule has 2 N–H and O–H groups in total. The summed E-state index contributed by atoms with van der Waals surface area (Å²) >= 11 is 0. The molecule has 1 spiro atoms. The molecule has 2 aliphatic heterocycles. The van der Waals surface area contributed by atoms with E-state index in [9.17, 15) is 9.59 Å². The quantitative estimate of drug-likeness (QED) is 0.649. The van der Waals surface area contributed by atoms with Crippen molar-refractivity contribution in [3.63, 3.8) is 0 Å². The molecular weight excluding hydrogens is 402 g/mol. The number of aromatic amines is 1. The molecule has 0 atom stereocenters. The van der Waals surface area contributed by atoms with Crippen molar-refractivity contribution in [2.75, 3.05) is 38.1 Å². The smallest absolute Gasteiger partial charge is 0.269 e. The number of fused-ring (bicyclic) bond motifs is 1. The van der Waals surface area contributed by atoms with Gasteiger partial charge in [0, 0.05) is 56.3 Å². The van der Waals surface area contributed by atoms with Gasteiger partial charge in [0.1, 0.15) is 5.69 Å². The Balaban J connectivity index is 1.19. The van der Waals surface area contributed by atoms with E-state index < -0.39 is 0 Å². The number of nitrogens with one attached hydrogen (secondary N) is 2. The van der Waals surface area contributed by atoms with E-state index >= 15 is 0 Å². The minimum absolute atomic E-state index is 0.0164. The highest BCUT2D eigenvalue weighted by atomic mass is 16.1. The fraction of sp³-hybridized carbons (Fsp3) is 0.400. The fourth-order valence-electron chi connectivity index (χ4n) is 5.20. The third-order valence-electron chi connectivity index (χ3n) is 6.80. The van der Waals surface area contributed by atoms with E-state index in [1.165, 1.54) is 5.56 Å². The number of carbonyl (C=O) groups is 1. The largest absolute Gasteiger partial charge is 0.369 e. The average Bonchev–Trinajstić information content (AvgIpc) is 2.73. The number of amides is 1. The first-order valence-corrected chi connectivity index (χ1v) is 11.2. The van der Waals surface area contributed by atoms with Crippen LogP contribution in [0.4, 0.5) is 5.69 Å². The maximum absolute atomic E-state index is 12.1. The predicted molar refractivity (Wildman–Crippen MR) is 126 cm³/mol. The van der Waals surface area contributed by atoms with Crippen LogP contribution in [0.2, 0.25) is 0 Å². The number of carbonyl (C=O) groups excluding carboxylic acids is 1. The van der Waals surface area contributed by atoms with Gasteiger partial charge in [0.05, 0.1) is 11.4 Å². The van der Waals surface area contributed by atoms with Gasteiger partial charge in [-0.05, 0) is 48.6 Å². The first kappa shape index (κ1) is 20.7. The number of nitrogens with zero attached hydrogens (tertiary/aromatic N) is 3. The first-order valence-electron chi connectivity index (χ1n) is 11.2. The lowest BCUT2D eigenvalue weighted by Gasteiger charge is -2.61. The zero-order valence-electron chi connectivity index (χ0n) is 18.9. The standard InChI is InChI=1S/C25H29N5O2/c1-4-18-10-19-6-5-17(9-21(19)28-23(18)31)11-29-12-25(13-29)14-30(15-25)22-8-7-20(24(32)26-3)27-16(22)2/h5-10H,4,11-15H2,1-3H3,(H,26,32)(H,28,31). The summed E-state index contributed by atoms with van der Waals surface area (Å²) in [5.74, 6) is -0.155. The highest BCUT2D eigenvalue weighted by Crippen LogP contribution is 2.43. The van der Waals surface area contributed by atoms with E-state index in [0.29, 0.717) is 11.1 Å². The van der Waals surface area contributed by atoms with Gasteiger partial charge in [0.15, 0.2) is 0 Å². The number of hydrogen-bond acceptors (Lipinski definition) is 5. The molecule has 3 aromatic rings. The molecule has 1 amide bonds. The van der Waals surface area contributed by atoms with Gasteiger partial charge in [-0.25, -0.2) is 4.98 Å². The summed E-state index contributed by atoms with van der Waals surface area (Å²) in [6, 6.07) is 12.2. The number of hydrogen-bond donors (Lipinski definition) is 2. The van der Waals surface area contributed by atoms with E-state index in [1.807, 2.05) is 26.0 Å². The molecule has 2 aliphatic rings. The minimum Gasteiger partial charge on any atom is -0.369 e. The second-order valence-electron chi connectivity index (χ2n) is 9.28. The molecule has 0 unspecified atom stereocenters. The Hall–Kier alpha value is -3.19. The molecule has 4 heterocycles. The maximum atomic E-state index is 12.1. The Labute approximate surface area is 187 Å². The first-order chi connectivity index (χ1) is 15.4. The molecule has 0 bridgehead atoms. The average molecular weight is 432 g/mol. The summed E-state index contributed by atoms with van der Waals surface area (Å²) in [6.45, 7) is 9.07. The molecule has 2 fully saturated rings. The summed E-state index contributed by atoms with van der Waals surface area (Å²) in [5, 5.41) is 3.71. The number of rotatable bonds is 5. The summed E-state index contributed by atoms with van der Waals surface area (Å²) in [6.07, 6.45) is 0.744. The number of aromatic nitrogens is 2. The number of likely N-dealkylation sites (tertiary alicyclic amines) is 1. The molecular formula is C25H29N5O2. The number of benzene rings is 1. The van der Waals surface area contributed by atoms with Gasteiger partial charge in [0.25, 0.3) is 11.5 Å². The van der Waals surface area contributed by atoms with Crippen LogP contribution < -0.4 is 15.8 Å². The lowest BCUT2D eigenvalue weighted by molar-refractivity contribution is -0.0273. The van der Waals surface area contributed by atoms with Gasteiger partial charge in [-0.1, -0.05) is 19.1 Å². The molecule has 7 nitrogen and oxygen atoms in total. The monoisotopic (exact) mass is 431 g/mol. The fourth-order valence-corrected chi connectivity index (χ4v) is 5.20. The highest BCUT2D eigenvalue weighted by Gasteiger charge is 2.51. The Kier molecular flexibility index (Phi) is 5.01. The number of anilines is 1. The zero-order chi connectivity index (χ0) is 22.5. The van der Waals surface area contributed by atoms with Gasteiger partial charge in [-0.15, -0.1) is 0 Å². The van der Waals surface area contributed by atoms with Crippen LogP contribution >= 0.6 is 0 Å². The molecule has 0 radical (unpaired) electrons. The molecule has 1 aromatic carbocycles. The summed E-state index contributed by atoms with van der Waals surface area (Å²) in [7, 11) is 1.62. The Morgan fingerprint density at radius 1 is 1.16 bits per heavy atom. The lowest BCUT2D eigenvalue weighted by Crippen LogP contribution is -2.72. The van der Waals surface area contributed by atoms with E-state index in [4.69, 9.17) is 0 Å². The Morgan fingerprint density at radius 3 is 2.62 bits per heavy atom. The van der Waals surface area contributed by atoms with Crippen molar-refractivity contribution in [1.29, 1.82) is 0 Å². The van der Waals surface area contributed by atoms with Gasteiger partial charge in [0.2, 0.25) is 0 Å². The molecule has 0 saturated carbocycles. The topological polar surface area (TPSA) is 81.3 Å². The van der Waals surface area contributed by atoms with Gasteiger partial charge in [-0.2, -0.15) is 0 Å². The third-order valence-corrected chi connectivity index (χ3v) is 6.80. The van der Waals surface area contributed by atoms with Crippen molar-refractivity contribution in [1.82, 2.24) is 20.2 Å². The summed E-state index contributed by atoms with van der Waals surface area (Å²) < 4.78 is 0. The summed E-state index contributed by atoms with van der Waals surface area (Å²) in [4.78, 5) is 36.2. The van der Waals surface area contributed by atoms with Gasteiger partial charge in [-0.3, -0.25) is 14.5 Å². The van der Waals surface area contributed by atoms with Crippen molar-refractivity contribution in [2.24, 2.45) is 5.41 Å². The predicted octanol–water partition coefficient (Wildman–Crippen LogP) is 2.48. The van der Waals surface area contributed by atoms with Gasteiger partial charge < -0.3 is 15.2 Å². The van der Waals surface area contributed by atoms with Crippen LogP contribution in [0, 0.1) is 12.3 Å². The van der Waals surface area contributed by atoms with Crippen molar-refractivity contribution in [3.05, 3.63) is 69.3 Å². The molecule has 5 rings (SSSR count). The van der Waals surface area contributed by atoms with Crippen LogP contribution in [0.1, 0.15) is 34.2 Å². The van der Waals surface area contributed by atoms with Crippen molar-refractivity contribution >= 4 is 22.5 Å². The van der Waals surface area contributed by atoms with Gasteiger partial charge >= 0.3 is 0 Å². The number of aryl methyl sites for hydroxylation is 2. The minimum atomic E-state index is -0.155. The van der Waals surface area contributed by atoms with Crippen LogP contribution in [0.5, 0.6) is 0 Å². The highest BCUT2D eigenvalue weighted by molar-refractivity contribution is 5.92. The number of H-pyrrole nitrogens is 1. The van der Waals surface area contributed by atoms with E-state index in [1.54, 1.807) is 13.1 Å². The van der Waals surface area contributed by atoms with E-state index in [2.05, 4.69) is 43.3 Å². The molecule has 7 heteroatoms. The Morgan fingerprint density at radius 2 is 1.94 bits per heavy atom. The van der Waals surface area contributed by atoms with E-state index in [0.717, 1.165) is 67.0 Å². The second kappa shape index (κ2) is 7.74. The maximum Gasteiger partial charge on any atom is 0.269 e. The zero-order valence-corrected chi connectivity index (χ0v) is 18.9. The second-order valence-corrected chi connectivity index (χ2v) is 9.28. The van der Waals surface area contributed by atoms with Crippen LogP contribution in [0.25, 0.3) is 10.9 Å². The van der Waals surface area contributed by atoms with Crippen LogP contribution in [0.15, 0.2) is 41.2 Å². The van der Waals surface area contributed by atoms with Crippen LogP contribution in [-0.2, 0) is 13.0 Å². The van der Waals surface area contributed by atoms with Crippen LogP contribution in [0.3, 0.4) is 0 Å². The third kappa shape index (κ3) is 3.56. The van der Waals surface area contributed by atoms with Crippen molar-refractivity contribution in [2.45, 2.75) is 26.8 Å². The van der Waals surface area contributed by atoms with Crippen molar-refractivity contribution in [3.8, 4) is 0 Å². The lowest BCUT2D eigenvalue weighted by atomic mass is 9.72. The van der Waals surface area contributed by atoms with E-state index in [-0.39, 0.29) is 11.5 Å². The van der Waals surface area contributed by atoms with Crippen LogP contribution in [-0.4, -0.2) is 54.0 Å². The molecule has 0 aliphatic carbocycles. The molecule has 2 saturated heterocycles. The molecule has 32 heavy (non-hydrogen) atoms. The molecule has 166 valence electrons. The number of pyridine rings is 2. The Bertz CT molecular complexity index is 1250. The SMILES string of the molecule is CCc1cc2ccc(CN3CC4(C3)CN(c3ccc(C(=O)NC)nc3C)C4)cc2[nH]c1=O. The van der Waals surface area contributed by atoms with Crippen molar-refractivity contribution < 1.29 is 4.79 Å². The normalized spacial score (nSPS) is 17.3. The summed E-state index contributed by atoms with van der Waals surface area (Å²) in [5.41, 5.74) is 5.82. The molecule has 2 aromatic heterocycles.